The van der Waals surface area contributed by atoms with Crippen molar-refractivity contribution in [1.29, 1.82) is 0 Å². The summed E-state index contributed by atoms with van der Waals surface area (Å²) in [6, 6.07) is 58.3. The highest BCUT2D eigenvalue weighted by molar-refractivity contribution is 7.27. The van der Waals surface area contributed by atoms with Crippen LogP contribution in [0.3, 0.4) is 0 Å². The van der Waals surface area contributed by atoms with E-state index in [-0.39, 0.29) is 13.4 Å². The largest absolute Gasteiger partial charge is 0.310 e. The van der Waals surface area contributed by atoms with Gasteiger partial charge < -0.3 is 9.13 Å². The fourth-order valence-electron chi connectivity index (χ4n) is 14.8. The second-order valence-corrected chi connectivity index (χ2v) is 27.1. The molecule has 0 radical (unpaired) electrons. The van der Waals surface area contributed by atoms with E-state index in [0.29, 0.717) is 35.5 Å². The number of benzene rings is 9. The normalized spacial score (nSPS) is 13.5. The molecule has 0 spiro atoms. The van der Waals surface area contributed by atoms with E-state index >= 15 is 0 Å². The van der Waals surface area contributed by atoms with Crippen molar-refractivity contribution in [3.8, 4) is 11.4 Å². The molecular weight excluding hydrogens is 979 g/mol. The van der Waals surface area contributed by atoms with Crippen LogP contribution in [0.15, 0.2) is 146 Å². The van der Waals surface area contributed by atoms with E-state index in [0.717, 1.165) is 0 Å². The van der Waals surface area contributed by atoms with Gasteiger partial charge >= 0.3 is 0 Å². The van der Waals surface area contributed by atoms with E-state index in [1.54, 1.807) is 0 Å². The molecule has 0 N–H and O–H groups in total. The van der Waals surface area contributed by atoms with Crippen molar-refractivity contribution in [2.75, 3.05) is 0 Å². The van der Waals surface area contributed by atoms with E-state index in [4.69, 9.17) is 0 Å². The first kappa shape index (κ1) is 48.3. The molecule has 0 fully saturated rings. The Bertz CT molecular complexity index is 4360. The Morgan fingerprint density at radius 2 is 0.692 bits per heavy atom. The van der Waals surface area contributed by atoms with Gasteiger partial charge in [0.2, 0.25) is 13.4 Å². The fourth-order valence-corrected chi connectivity index (χ4v) is 17.3. The Morgan fingerprint density at radius 1 is 0.333 bits per heavy atom. The summed E-state index contributed by atoms with van der Waals surface area (Å²) in [5.41, 5.74) is 25.3. The summed E-state index contributed by atoms with van der Waals surface area (Å²) in [4.78, 5) is 0. The first-order valence-corrected chi connectivity index (χ1v) is 30.6. The van der Waals surface area contributed by atoms with Crippen molar-refractivity contribution in [2.45, 2.75) is 119 Å². The van der Waals surface area contributed by atoms with Crippen LogP contribution >= 0.6 is 22.7 Å². The maximum Gasteiger partial charge on any atom is 0.247 e. The molecular formula is C72H66B2N2S2. The van der Waals surface area contributed by atoms with Gasteiger partial charge in [0.1, 0.15) is 0 Å². The lowest BCUT2D eigenvalue weighted by molar-refractivity contribution is 0.812. The zero-order chi connectivity index (χ0) is 53.5. The van der Waals surface area contributed by atoms with Crippen molar-refractivity contribution >= 4 is 153 Å². The van der Waals surface area contributed by atoms with Crippen molar-refractivity contribution < 1.29 is 0 Å². The van der Waals surface area contributed by atoms with Crippen LogP contribution < -0.4 is 32.8 Å². The highest BCUT2D eigenvalue weighted by Gasteiger charge is 2.43. The number of hydrogen-bond donors (Lipinski definition) is 0. The zero-order valence-corrected chi connectivity index (χ0v) is 48.8. The van der Waals surface area contributed by atoms with Crippen LogP contribution in [0.2, 0.25) is 0 Å². The highest BCUT2D eigenvalue weighted by Crippen LogP contribution is 2.47. The number of nitrogens with zero attached hydrogens (tertiary/aromatic N) is 2. The van der Waals surface area contributed by atoms with E-state index in [9.17, 15) is 0 Å². The summed E-state index contributed by atoms with van der Waals surface area (Å²) in [6.45, 7) is 28.9. The van der Waals surface area contributed by atoms with Crippen LogP contribution in [-0.4, -0.2) is 22.6 Å². The molecule has 4 aromatic heterocycles. The predicted octanol–water partition coefficient (Wildman–Crippen LogP) is 17.0. The van der Waals surface area contributed by atoms with Crippen molar-refractivity contribution in [3.05, 3.63) is 179 Å². The van der Waals surface area contributed by atoms with Crippen LogP contribution in [0.5, 0.6) is 0 Å². The minimum atomic E-state index is -0.00950. The van der Waals surface area contributed by atoms with Gasteiger partial charge in [-0.05, 0) is 127 Å². The summed E-state index contributed by atoms with van der Waals surface area (Å²) in [5.74, 6) is 2.15. The van der Waals surface area contributed by atoms with E-state index in [2.05, 4.69) is 238 Å². The summed E-state index contributed by atoms with van der Waals surface area (Å²) in [6.07, 6.45) is 0. The molecule has 382 valence electrons. The molecule has 0 atom stereocenters. The van der Waals surface area contributed by atoms with Crippen LogP contribution in [0.25, 0.3) is 95.3 Å². The minimum absolute atomic E-state index is 0.00950. The maximum atomic E-state index is 2.73. The monoisotopic (exact) mass is 1040 g/mol. The second-order valence-electron chi connectivity index (χ2n) is 25.0. The molecule has 2 aliphatic rings. The number of aromatic nitrogens is 2. The third kappa shape index (κ3) is 6.57. The van der Waals surface area contributed by atoms with Gasteiger partial charge in [-0.2, -0.15) is 0 Å². The summed E-state index contributed by atoms with van der Waals surface area (Å²) < 4.78 is 10.9. The predicted molar refractivity (Wildman–Crippen MR) is 348 cm³/mol. The fraction of sp³-hybridized carbons (Fsp3) is 0.250. The molecule has 13 aromatic rings. The molecule has 0 unspecified atom stereocenters. The summed E-state index contributed by atoms with van der Waals surface area (Å²) >= 11 is 3.92. The van der Waals surface area contributed by atoms with Gasteiger partial charge in [0, 0.05) is 84.3 Å². The average Bonchev–Trinajstić information content (AvgIpc) is 4.23. The van der Waals surface area contributed by atoms with Gasteiger partial charge in [-0.3, -0.25) is 0 Å². The minimum Gasteiger partial charge on any atom is -0.310 e. The Labute approximate surface area is 467 Å². The van der Waals surface area contributed by atoms with Gasteiger partial charge in [0.15, 0.2) is 0 Å². The lowest BCUT2D eigenvalue weighted by Crippen LogP contribution is -2.61. The topological polar surface area (TPSA) is 9.86 Å². The van der Waals surface area contributed by atoms with E-state index < -0.39 is 0 Å². The van der Waals surface area contributed by atoms with Crippen LogP contribution in [0.1, 0.15) is 152 Å². The van der Waals surface area contributed by atoms with Crippen LogP contribution in [0.4, 0.5) is 0 Å². The van der Waals surface area contributed by atoms with Gasteiger partial charge in [-0.15, -0.1) is 22.7 Å². The molecule has 78 heavy (non-hydrogen) atoms. The third-order valence-electron chi connectivity index (χ3n) is 18.5. The number of hydrogen-bond acceptors (Lipinski definition) is 2. The lowest BCUT2D eigenvalue weighted by atomic mass is 9.31. The Hall–Kier alpha value is -6.85. The lowest BCUT2D eigenvalue weighted by Gasteiger charge is -2.36. The van der Waals surface area contributed by atoms with Crippen LogP contribution in [0, 0.1) is 0 Å². The van der Waals surface area contributed by atoms with Gasteiger partial charge in [-0.25, -0.2) is 0 Å². The van der Waals surface area contributed by atoms with Crippen LogP contribution in [-0.2, 0) is 0 Å². The molecule has 2 nitrogen and oxygen atoms in total. The average molecular weight is 1050 g/mol. The van der Waals surface area contributed by atoms with Crippen molar-refractivity contribution in [2.24, 2.45) is 0 Å². The van der Waals surface area contributed by atoms with E-state index in [1.165, 1.54) is 161 Å². The van der Waals surface area contributed by atoms with Crippen molar-refractivity contribution in [1.82, 2.24) is 9.13 Å². The molecule has 2 aliphatic heterocycles. The molecule has 0 aliphatic carbocycles. The van der Waals surface area contributed by atoms with E-state index in [1.807, 2.05) is 22.7 Å². The van der Waals surface area contributed by atoms with Crippen molar-refractivity contribution in [3.63, 3.8) is 0 Å². The number of para-hydroxylation sites is 2. The third-order valence-corrected chi connectivity index (χ3v) is 20.9. The van der Waals surface area contributed by atoms with Gasteiger partial charge in [0.05, 0.1) is 11.0 Å². The zero-order valence-electron chi connectivity index (χ0n) is 47.2. The smallest absolute Gasteiger partial charge is 0.247 e. The number of thiophene rings is 2. The highest BCUT2D eigenvalue weighted by atomic mass is 32.1. The SMILES string of the molecule is CC(C)c1cc(C(C)C)c(B2c3cc4c(cc3-n3c5ccc6c7ccccc7sc6c5c5cccc2c53)B(c2c(C(C)C)cc(C(C)C)cc2C(C)C)c2cccc3c5c6sc7ccccc7c6ccc5n-4c23)c(C(C)C)c1. The summed E-state index contributed by atoms with van der Waals surface area (Å²) in [7, 11) is 0. The Kier molecular flexibility index (Phi) is 10.7. The van der Waals surface area contributed by atoms with Gasteiger partial charge in [0.25, 0.3) is 0 Å². The van der Waals surface area contributed by atoms with Gasteiger partial charge in [-0.1, -0.05) is 203 Å². The quantitative estimate of drug-likeness (QED) is 0.134. The first-order chi connectivity index (χ1) is 37.7. The first-order valence-electron chi connectivity index (χ1n) is 29.0. The molecule has 6 heterocycles. The number of rotatable bonds is 8. The molecule has 0 saturated carbocycles. The summed E-state index contributed by atoms with van der Waals surface area (Å²) in [5, 5.41) is 10.8. The molecule has 0 amide bonds. The Morgan fingerprint density at radius 3 is 1.05 bits per heavy atom. The second kappa shape index (κ2) is 17.3. The molecule has 0 bridgehead atoms. The maximum absolute atomic E-state index is 2.73. The standard InChI is InChI=1S/C72H66B2N2S2/c1-37(2)43-31-51(39(5)6)67(52(32-43)40(7)8)73-55-23-17-21-49-65-59(29-27-47-45-19-13-15-25-63(45)77-71(47)65)75(69(49)55)61-36-58-62(35-57(61)73)76-60-30-28-48-46-20-14-16-26-64(46)78-72(48)66(60)50-22-18-24-56(70(50)76)74(58)68-53(41(9)10)33-44(38(3)4)34-54(68)42(11)12/h13-42H,1-12H3. The number of fused-ring (bicyclic) bond motifs is 18. The molecule has 9 aromatic carbocycles. The molecule has 0 saturated heterocycles. The molecule has 15 rings (SSSR count). The molecule has 6 heteroatoms. The Balaban J connectivity index is 1.16.